The molecule has 4 aromatic rings. The van der Waals surface area contributed by atoms with Crippen molar-refractivity contribution in [2.75, 3.05) is 12.4 Å². The third-order valence-electron chi connectivity index (χ3n) is 5.43. The van der Waals surface area contributed by atoms with Gasteiger partial charge in [0.25, 0.3) is 17.6 Å². The number of alkyl halides is 3. The molecule has 0 saturated heterocycles. The number of aromatic nitrogens is 5. The number of nitriles is 1. The number of para-hydroxylation sites is 1. The van der Waals surface area contributed by atoms with E-state index in [1.165, 1.54) is 36.0 Å². The molecule has 2 aromatic heterocycles. The molecule has 0 aliphatic carbocycles. The van der Waals surface area contributed by atoms with Crippen LogP contribution >= 0.6 is 11.6 Å². The van der Waals surface area contributed by atoms with Crippen molar-refractivity contribution in [1.82, 2.24) is 30.1 Å². The number of nitrogens with zero attached hydrogens (tertiary/aromatic N) is 6. The zero-order valence-corrected chi connectivity index (χ0v) is 20.6. The van der Waals surface area contributed by atoms with Crippen LogP contribution in [-0.4, -0.2) is 43.6 Å². The van der Waals surface area contributed by atoms with Gasteiger partial charge >= 0.3 is 6.18 Å². The molecule has 2 N–H and O–H groups in total. The van der Waals surface area contributed by atoms with Crippen molar-refractivity contribution in [1.29, 1.82) is 5.26 Å². The highest BCUT2D eigenvalue weighted by molar-refractivity contribution is 6.32. The minimum atomic E-state index is -4.76. The van der Waals surface area contributed by atoms with Gasteiger partial charge in [0, 0.05) is 13.2 Å². The fourth-order valence-corrected chi connectivity index (χ4v) is 3.95. The van der Waals surface area contributed by atoms with E-state index in [4.69, 9.17) is 11.6 Å². The maximum atomic E-state index is 13.5. The predicted octanol–water partition coefficient (Wildman–Crippen LogP) is 3.98. The van der Waals surface area contributed by atoms with Gasteiger partial charge in [0.05, 0.1) is 40.1 Å². The Morgan fingerprint density at radius 1 is 1.16 bits per heavy atom. The number of anilines is 1. The summed E-state index contributed by atoms with van der Waals surface area (Å²) >= 11 is 6.36. The van der Waals surface area contributed by atoms with Crippen LogP contribution in [0.4, 0.5) is 18.9 Å². The molecule has 0 saturated carbocycles. The third-order valence-corrected chi connectivity index (χ3v) is 5.75. The molecule has 2 aromatic carbocycles. The fourth-order valence-electron chi connectivity index (χ4n) is 3.72. The Hall–Kier alpha value is -4.70. The number of carbonyl (C=O) groups excluding carboxylic acids is 2. The van der Waals surface area contributed by atoms with Crippen LogP contribution in [0.15, 0.2) is 48.7 Å². The second-order valence-electron chi connectivity index (χ2n) is 8.06. The fraction of sp³-hybridized carbons (Fsp3) is 0.167. The number of hydrogen-bond donors (Lipinski definition) is 2. The summed E-state index contributed by atoms with van der Waals surface area (Å²) in [4.78, 5) is 26.8. The summed E-state index contributed by atoms with van der Waals surface area (Å²) in [6.45, 7) is 1.41. The van der Waals surface area contributed by atoms with Crippen molar-refractivity contribution >= 4 is 29.1 Å². The Balaban J connectivity index is 1.76. The van der Waals surface area contributed by atoms with E-state index in [9.17, 15) is 28.0 Å². The molecule has 0 atom stereocenters. The summed E-state index contributed by atoms with van der Waals surface area (Å²) in [7, 11) is 1.42. The van der Waals surface area contributed by atoms with Crippen molar-refractivity contribution in [3.8, 4) is 11.8 Å². The Labute approximate surface area is 218 Å². The molecular formula is C24H18ClF3N8O2. The minimum absolute atomic E-state index is 0.0656. The molecule has 0 unspecified atom stereocenters. The number of halogens is 4. The minimum Gasteiger partial charge on any atom is -0.355 e. The van der Waals surface area contributed by atoms with Crippen LogP contribution in [-0.2, 0) is 12.7 Å². The van der Waals surface area contributed by atoms with Gasteiger partial charge in [-0.25, -0.2) is 0 Å². The van der Waals surface area contributed by atoms with Gasteiger partial charge in [0.2, 0.25) is 0 Å². The van der Waals surface area contributed by atoms with Crippen molar-refractivity contribution in [2.24, 2.45) is 0 Å². The molecule has 2 amide bonds. The molecule has 4 rings (SSSR count). The average molecular weight is 543 g/mol. The van der Waals surface area contributed by atoms with Crippen LogP contribution in [0.5, 0.6) is 0 Å². The molecule has 38 heavy (non-hydrogen) atoms. The molecule has 10 nitrogen and oxygen atoms in total. The Morgan fingerprint density at radius 2 is 1.89 bits per heavy atom. The highest BCUT2D eigenvalue weighted by Gasteiger charge is 2.36. The SMILES string of the molecule is CNC(=O)c1cc(C#N)cc(C)c1NC(=O)c1cc(Cn2nnc(C(F)(F)F)n2)cn1-c1ccccc1Cl. The van der Waals surface area contributed by atoms with Crippen molar-refractivity contribution in [3.05, 3.63) is 87.5 Å². The molecule has 194 valence electrons. The Morgan fingerprint density at radius 3 is 2.53 bits per heavy atom. The van der Waals surface area contributed by atoms with Gasteiger partial charge in [-0.1, -0.05) is 23.7 Å². The molecule has 0 fully saturated rings. The van der Waals surface area contributed by atoms with Crippen molar-refractivity contribution in [2.45, 2.75) is 19.6 Å². The topological polar surface area (TPSA) is 131 Å². The van der Waals surface area contributed by atoms with Crippen LogP contribution in [0.3, 0.4) is 0 Å². The highest BCUT2D eigenvalue weighted by Crippen LogP contribution is 2.28. The smallest absolute Gasteiger partial charge is 0.355 e. The van der Waals surface area contributed by atoms with E-state index in [2.05, 4.69) is 26.0 Å². The number of benzene rings is 2. The van der Waals surface area contributed by atoms with Crippen LogP contribution in [0.2, 0.25) is 5.02 Å². The van der Waals surface area contributed by atoms with Gasteiger partial charge in [-0.2, -0.15) is 23.2 Å². The number of carbonyl (C=O) groups is 2. The molecule has 0 bridgehead atoms. The van der Waals surface area contributed by atoms with Gasteiger partial charge in [-0.15, -0.1) is 10.2 Å². The molecule has 2 heterocycles. The normalized spacial score (nSPS) is 11.2. The van der Waals surface area contributed by atoms with Gasteiger partial charge in [-0.3, -0.25) is 9.59 Å². The summed E-state index contributed by atoms with van der Waals surface area (Å²) in [5.74, 6) is -2.55. The zero-order chi connectivity index (χ0) is 27.6. The van der Waals surface area contributed by atoms with E-state index in [1.807, 2.05) is 6.07 Å². The first-order valence-corrected chi connectivity index (χ1v) is 11.3. The van der Waals surface area contributed by atoms with Crippen molar-refractivity contribution in [3.63, 3.8) is 0 Å². The van der Waals surface area contributed by atoms with Crippen molar-refractivity contribution < 1.29 is 22.8 Å². The average Bonchev–Trinajstić information content (AvgIpc) is 3.52. The first-order chi connectivity index (χ1) is 18.0. The summed E-state index contributed by atoms with van der Waals surface area (Å²) in [5.41, 5.74) is 1.85. The van der Waals surface area contributed by atoms with Gasteiger partial charge in [0.1, 0.15) is 5.69 Å². The lowest BCUT2D eigenvalue weighted by molar-refractivity contribution is -0.145. The second kappa shape index (κ2) is 10.3. The number of rotatable bonds is 6. The standard InChI is InChI=1S/C24H18ClF3N8O2/c1-13-7-14(10-29)8-16(21(37)30-2)20(13)31-22(38)19-9-15(11-35(19)18-6-4-3-5-17(18)25)12-36-33-23(32-34-36)24(26,27)28/h3-9,11H,12H2,1-2H3,(H,30,37)(H,31,38). The first-order valence-electron chi connectivity index (χ1n) is 10.9. The molecule has 0 spiro atoms. The lowest BCUT2D eigenvalue weighted by Gasteiger charge is -2.15. The molecule has 0 radical (unpaired) electrons. The molecule has 0 aliphatic rings. The second-order valence-corrected chi connectivity index (χ2v) is 8.46. The Bertz CT molecular complexity index is 1590. The number of aryl methyl sites for hydroxylation is 1. The molecular weight excluding hydrogens is 525 g/mol. The number of nitrogens with one attached hydrogen (secondary N) is 2. The van der Waals surface area contributed by atoms with Crippen LogP contribution in [0.1, 0.15) is 43.4 Å². The van der Waals surface area contributed by atoms with Gasteiger partial charge in [-0.05, 0) is 53.6 Å². The molecule has 0 aliphatic heterocycles. The monoisotopic (exact) mass is 542 g/mol. The van der Waals surface area contributed by atoms with E-state index in [0.717, 1.165) is 4.80 Å². The zero-order valence-electron chi connectivity index (χ0n) is 19.8. The third kappa shape index (κ3) is 5.35. The van der Waals surface area contributed by atoms with Crippen LogP contribution in [0.25, 0.3) is 5.69 Å². The number of amides is 2. The lowest BCUT2D eigenvalue weighted by Crippen LogP contribution is -2.23. The van der Waals surface area contributed by atoms with E-state index in [0.29, 0.717) is 21.8 Å². The van der Waals surface area contributed by atoms with E-state index in [-0.39, 0.29) is 29.1 Å². The number of hydrogen-bond acceptors (Lipinski definition) is 6. The summed E-state index contributed by atoms with van der Waals surface area (Å²) in [5, 5.41) is 24.6. The first kappa shape index (κ1) is 26.4. The lowest BCUT2D eigenvalue weighted by atomic mass is 10.0. The maximum absolute atomic E-state index is 13.5. The Kier molecular flexibility index (Phi) is 7.18. The predicted molar refractivity (Wildman–Crippen MR) is 130 cm³/mol. The van der Waals surface area contributed by atoms with Crippen LogP contribution in [0, 0.1) is 18.3 Å². The van der Waals surface area contributed by atoms with Crippen LogP contribution < -0.4 is 10.6 Å². The quantitative estimate of drug-likeness (QED) is 0.379. The number of tetrazole rings is 1. The summed E-state index contributed by atoms with van der Waals surface area (Å²) in [6, 6.07) is 13.0. The van der Waals surface area contributed by atoms with E-state index < -0.39 is 23.8 Å². The van der Waals surface area contributed by atoms with Gasteiger partial charge in [0.15, 0.2) is 0 Å². The van der Waals surface area contributed by atoms with E-state index in [1.54, 1.807) is 31.2 Å². The largest absolute Gasteiger partial charge is 0.455 e. The van der Waals surface area contributed by atoms with E-state index >= 15 is 0 Å². The molecule has 14 heteroatoms. The van der Waals surface area contributed by atoms with Gasteiger partial charge < -0.3 is 15.2 Å². The summed E-state index contributed by atoms with van der Waals surface area (Å²) in [6.07, 6.45) is -3.24. The maximum Gasteiger partial charge on any atom is 0.455 e. The summed E-state index contributed by atoms with van der Waals surface area (Å²) < 4.78 is 40.1. The highest BCUT2D eigenvalue weighted by atomic mass is 35.5.